The average molecular weight is 518 g/mol. The molecule has 0 spiro atoms. The number of nitrogens with zero attached hydrogens (tertiary/aromatic N) is 4. The number of likely N-dealkylation sites (tertiary alicyclic amines) is 1. The van der Waals surface area contributed by atoms with E-state index in [-0.39, 0.29) is 24.0 Å². The first-order valence-corrected chi connectivity index (χ1v) is 11.7. The van der Waals surface area contributed by atoms with Crippen LogP contribution in [0.4, 0.5) is 0 Å². The summed E-state index contributed by atoms with van der Waals surface area (Å²) in [5.74, 6) is 2.37. The van der Waals surface area contributed by atoms with Gasteiger partial charge in [-0.2, -0.15) is 0 Å². The summed E-state index contributed by atoms with van der Waals surface area (Å²) in [4.78, 5) is 24.4. The molecular formula is C22H40IN5O. The molecule has 29 heavy (non-hydrogen) atoms. The number of piperazine rings is 1. The van der Waals surface area contributed by atoms with Crippen LogP contribution in [0.25, 0.3) is 0 Å². The molecule has 0 aromatic carbocycles. The normalized spacial score (nSPS) is 25.2. The number of amides is 1. The highest BCUT2D eigenvalue weighted by molar-refractivity contribution is 14.0. The van der Waals surface area contributed by atoms with Crippen molar-refractivity contribution in [3.63, 3.8) is 0 Å². The molecule has 166 valence electrons. The first-order valence-electron chi connectivity index (χ1n) is 11.7. The van der Waals surface area contributed by atoms with Crippen LogP contribution in [0, 0.1) is 11.3 Å². The third kappa shape index (κ3) is 5.77. The maximum Gasteiger partial charge on any atom is 0.236 e. The molecule has 4 aliphatic rings. The summed E-state index contributed by atoms with van der Waals surface area (Å²) in [6.07, 6.45) is 10.6. The van der Waals surface area contributed by atoms with E-state index in [2.05, 4.69) is 26.9 Å². The maximum atomic E-state index is 12.5. The molecule has 0 unspecified atom stereocenters. The van der Waals surface area contributed by atoms with Crippen molar-refractivity contribution in [2.45, 2.75) is 58.3 Å². The third-order valence-corrected chi connectivity index (χ3v) is 7.41. The van der Waals surface area contributed by atoms with E-state index in [0.717, 1.165) is 64.2 Å². The van der Waals surface area contributed by atoms with Crippen molar-refractivity contribution < 1.29 is 4.79 Å². The van der Waals surface area contributed by atoms with E-state index in [1.165, 1.54) is 51.4 Å². The van der Waals surface area contributed by atoms with Gasteiger partial charge in [0.15, 0.2) is 5.96 Å². The molecule has 2 aliphatic heterocycles. The predicted molar refractivity (Wildman–Crippen MR) is 129 cm³/mol. The fraction of sp³-hybridized carbons (Fsp3) is 0.909. The zero-order valence-electron chi connectivity index (χ0n) is 18.2. The molecule has 1 N–H and O–H groups in total. The van der Waals surface area contributed by atoms with E-state index in [0.29, 0.717) is 17.9 Å². The molecule has 1 amide bonds. The Balaban J connectivity index is 0.00000240. The first kappa shape index (κ1) is 23.1. The molecular weight excluding hydrogens is 477 g/mol. The van der Waals surface area contributed by atoms with Crippen molar-refractivity contribution in [1.82, 2.24) is 20.0 Å². The summed E-state index contributed by atoms with van der Waals surface area (Å²) in [5, 5.41) is 3.52. The summed E-state index contributed by atoms with van der Waals surface area (Å²) in [5.41, 5.74) is 0.531. The van der Waals surface area contributed by atoms with Crippen LogP contribution in [0.5, 0.6) is 0 Å². The van der Waals surface area contributed by atoms with E-state index >= 15 is 0 Å². The quantitative estimate of drug-likeness (QED) is 0.335. The molecule has 0 atom stereocenters. The van der Waals surface area contributed by atoms with Crippen LogP contribution in [0.1, 0.15) is 58.3 Å². The van der Waals surface area contributed by atoms with Gasteiger partial charge < -0.3 is 15.1 Å². The third-order valence-electron chi connectivity index (χ3n) is 7.41. The smallest absolute Gasteiger partial charge is 0.236 e. The number of aliphatic imine (C=N–C) groups is 1. The number of piperidine rings is 1. The van der Waals surface area contributed by atoms with E-state index in [4.69, 9.17) is 4.99 Å². The van der Waals surface area contributed by atoms with Crippen molar-refractivity contribution in [3.05, 3.63) is 0 Å². The van der Waals surface area contributed by atoms with Crippen molar-refractivity contribution >= 4 is 35.8 Å². The molecule has 0 aromatic heterocycles. The van der Waals surface area contributed by atoms with Gasteiger partial charge in [0, 0.05) is 52.4 Å². The van der Waals surface area contributed by atoms with Crippen molar-refractivity contribution in [2.24, 2.45) is 16.3 Å². The zero-order valence-corrected chi connectivity index (χ0v) is 20.5. The molecule has 2 heterocycles. The standard InChI is InChI=1S/C22H39N5O.HI/c1-2-23-21(24-18-22(9-6-10-22)19-7-8-19)27-15-13-25(14-16-27)17-20(28)26-11-4-3-5-12-26;/h19H,2-18H2,1H3,(H,23,24);1H. The lowest BCUT2D eigenvalue weighted by Gasteiger charge is -2.42. The molecule has 0 aromatic rings. The number of rotatable bonds is 6. The minimum Gasteiger partial charge on any atom is -0.357 e. The Morgan fingerprint density at radius 3 is 2.21 bits per heavy atom. The van der Waals surface area contributed by atoms with Gasteiger partial charge in [0.05, 0.1) is 6.54 Å². The first-order chi connectivity index (χ1) is 13.7. The van der Waals surface area contributed by atoms with Crippen LogP contribution >= 0.6 is 24.0 Å². The van der Waals surface area contributed by atoms with Gasteiger partial charge in [-0.25, -0.2) is 0 Å². The molecule has 0 radical (unpaired) electrons. The van der Waals surface area contributed by atoms with Crippen LogP contribution in [0.15, 0.2) is 4.99 Å². The Hall–Kier alpha value is -0.570. The molecule has 4 fully saturated rings. The van der Waals surface area contributed by atoms with Gasteiger partial charge in [0.25, 0.3) is 0 Å². The van der Waals surface area contributed by atoms with Gasteiger partial charge in [0.2, 0.25) is 5.91 Å². The van der Waals surface area contributed by atoms with Crippen LogP contribution in [-0.2, 0) is 4.79 Å². The summed E-state index contributed by atoms with van der Waals surface area (Å²) >= 11 is 0. The molecule has 2 saturated heterocycles. The predicted octanol–water partition coefficient (Wildman–Crippen LogP) is 2.78. The maximum absolute atomic E-state index is 12.5. The minimum absolute atomic E-state index is 0. The fourth-order valence-corrected chi connectivity index (χ4v) is 5.23. The number of carbonyl (C=O) groups is 1. The van der Waals surface area contributed by atoms with Gasteiger partial charge in [0.1, 0.15) is 0 Å². The van der Waals surface area contributed by atoms with Crippen LogP contribution in [0.3, 0.4) is 0 Å². The lowest BCUT2D eigenvalue weighted by atomic mass is 9.65. The number of hydrogen-bond acceptors (Lipinski definition) is 3. The highest BCUT2D eigenvalue weighted by Crippen LogP contribution is 2.57. The van der Waals surface area contributed by atoms with Crippen LogP contribution < -0.4 is 5.32 Å². The fourth-order valence-electron chi connectivity index (χ4n) is 5.23. The monoisotopic (exact) mass is 517 g/mol. The molecule has 4 rings (SSSR count). The highest BCUT2D eigenvalue weighted by Gasteiger charge is 2.48. The Kier molecular flexibility index (Phi) is 8.48. The van der Waals surface area contributed by atoms with Gasteiger partial charge >= 0.3 is 0 Å². The van der Waals surface area contributed by atoms with E-state index < -0.39 is 0 Å². The number of hydrogen-bond donors (Lipinski definition) is 1. The topological polar surface area (TPSA) is 51.2 Å². The lowest BCUT2D eigenvalue weighted by molar-refractivity contribution is -0.133. The molecule has 2 aliphatic carbocycles. The van der Waals surface area contributed by atoms with Gasteiger partial charge in [-0.3, -0.25) is 14.7 Å². The van der Waals surface area contributed by atoms with Gasteiger partial charge in [-0.05, 0) is 63.2 Å². The second kappa shape index (κ2) is 10.6. The number of guanidine groups is 1. The minimum atomic E-state index is 0. The van der Waals surface area contributed by atoms with Gasteiger partial charge in [-0.15, -0.1) is 24.0 Å². The van der Waals surface area contributed by atoms with Crippen molar-refractivity contribution in [2.75, 3.05) is 58.9 Å². The summed E-state index contributed by atoms with van der Waals surface area (Å²) in [6.45, 7) is 10.4. The van der Waals surface area contributed by atoms with E-state index in [1.807, 2.05) is 0 Å². The van der Waals surface area contributed by atoms with E-state index in [1.54, 1.807) is 0 Å². The van der Waals surface area contributed by atoms with Crippen LogP contribution in [0.2, 0.25) is 0 Å². The Labute approximate surface area is 193 Å². The summed E-state index contributed by atoms with van der Waals surface area (Å²) < 4.78 is 0. The molecule has 2 saturated carbocycles. The second-order valence-electron chi connectivity index (χ2n) is 9.37. The second-order valence-corrected chi connectivity index (χ2v) is 9.37. The Morgan fingerprint density at radius 1 is 0.966 bits per heavy atom. The summed E-state index contributed by atoms with van der Waals surface area (Å²) in [7, 11) is 0. The molecule has 6 nitrogen and oxygen atoms in total. The largest absolute Gasteiger partial charge is 0.357 e. The highest BCUT2D eigenvalue weighted by atomic mass is 127. The van der Waals surface area contributed by atoms with Crippen molar-refractivity contribution in [1.29, 1.82) is 0 Å². The average Bonchev–Trinajstić information content (AvgIpc) is 3.53. The molecule has 0 bridgehead atoms. The number of nitrogens with one attached hydrogen (secondary N) is 1. The van der Waals surface area contributed by atoms with Gasteiger partial charge in [-0.1, -0.05) is 6.42 Å². The van der Waals surface area contributed by atoms with Crippen molar-refractivity contribution in [3.8, 4) is 0 Å². The van der Waals surface area contributed by atoms with Crippen LogP contribution in [-0.4, -0.2) is 85.5 Å². The number of carbonyl (C=O) groups excluding carboxylic acids is 1. The number of halogens is 1. The molecule has 7 heteroatoms. The lowest BCUT2D eigenvalue weighted by Crippen LogP contribution is -2.54. The Morgan fingerprint density at radius 2 is 1.66 bits per heavy atom. The zero-order chi connectivity index (χ0) is 19.4. The Bertz CT molecular complexity index is 562. The SMILES string of the molecule is CCNC(=NCC1(C2CC2)CCC1)N1CCN(CC(=O)N2CCCCC2)CC1.I. The summed E-state index contributed by atoms with van der Waals surface area (Å²) in [6, 6.07) is 0. The van der Waals surface area contributed by atoms with E-state index in [9.17, 15) is 4.79 Å².